The molecule has 1 aliphatic heterocycles. The van der Waals surface area contributed by atoms with E-state index in [1.165, 1.54) is 24.3 Å². The number of ether oxygens (including phenoxy) is 2. The highest BCUT2D eigenvalue weighted by Gasteiger charge is 2.25. The van der Waals surface area contributed by atoms with Crippen LogP contribution in [0.15, 0.2) is 65.6 Å². The van der Waals surface area contributed by atoms with Gasteiger partial charge in [0, 0.05) is 32.6 Å². The zero-order valence-electron chi connectivity index (χ0n) is 22.5. The second-order valence-electron chi connectivity index (χ2n) is 9.11. The lowest BCUT2D eigenvalue weighted by Gasteiger charge is -2.31. The van der Waals surface area contributed by atoms with Crippen LogP contribution in [0.2, 0.25) is 0 Å². The molecule has 1 heterocycles. The third kappa shape index (κ3) is 11.6. The molecule has 3 N–H and O–H groups in total. The summed E-state index contributed by atoms with van der Waals surface area (Å²) in [5.74, 6) is -1.66. The quantitative estimate of drug-likeness (QED) is 0.274. The van der Waals surface area contributed by atoms with Crippen LogP contribution >= 0.6 is 0 Å². The molecule has 0 unspecified atom stereocenters. The number of carbonyl (C=O) groups excluding carboxylic acids is 4. The molecule has 0 atom stereocenters. The van der Waals surface area contributed by atoms with Gasteiger partial charge in [-0.2, -0.15) is 0 Å². The van der Waals surface area contributed by atoms with Crippen molar-refractivity contribution in [1.82, 2.24) is 20.4 Å². The van der Waals surface area contributed by atoms with Gasteiger partial charge in [0.25, 0.3) is 10.0 Å². The number of piperidine rings is 1. The summed E-state index contributed by atoms with van der Waals surface area (Å²) < 4.78 is 35.0. The van der Waals surface area contributed by atoms with Crippen LogP contribution in [0, 0.1) is 0 Å². The zero-order valence-corrected chi connectivity index (χ0v) is 23.3. The van der Waals surface area contributed by atoms with Gasteiger partial charge in [0.2, 0.25) is 11.8 Å². The number of hydrogen-bond acceptors (Lipinski definition) is 9. The molecule has 1 fully saturated rings. The van der Waals surface area contributed by atoms with Crippen LogP contribution in [-0.2, 0) is 45.3 Å². The monoisotopic (exact) mass is 590 g/mol. The summed E-state index contributed by atoms with van der Waals surface area (Å²) in [5, 5.41) is 5.08. The number of benzene rings is 2. The summed E-state index contributed by atoms with van der Waals surface area (Å²) in [6.07, 6.45) is 0.322. The Kier molecular flexibility index (Phi) is 12.5. The van der Waals surface area contributed by atoms with Crippen molar-refractivity contribution in [2.24, 2.45) is 0 Å². The van der Waals surface area contributed by atoms with E-state index in [1.807, 2.05) is 30.3 Å². The van der Waals surface area contributed by atoms with E-state index in [9.17, 15) is 27.6 Å². The lowest BCUT2D eigenvalue weighted by atomic mass is 10.1. The summed E-state index contributed by atoms with van der Waals surface area (Å²) in [7, 11) is -4.00. The van der Waals surface area contributed by atoms with Crippen molar-refractivity contribution in [1.29, 1.82) is 0 Å². The van der Waals surface area contributed by atoms with Crippen LogP contribution in [-0.4, -0.2) is 76.1 Å². The van der Waals surface area contributed by atoms with E-state index in [2.05, 4.69) is 15.5 Å². The van der Waals surface area contributed by atoms with Crippen molar-refractivity contribution in [2.45, 2.75) is 43.3 Å². The molecule has 41 heavy (non-hydrogen) atoms. The van der Waals surface area contributed by atoms with Crippen molar-refractivity contribution in [3.63, 3.8) is 0 Å². The Hall–Kier alpha value is -4.01. The SMILES string of the molecule is O=C(CCNC(=O)COC1CCN(C(=O)OCc2ccccc2)CC1)NCCC(=O)ONS(=O)(=O)c1ccccc1. The molecule has 14 heteroatoms. The van der Waals surface area contributed by atoms with Gasteiger partial charge in [0.1, 0.15) is 13.2 Å². The lowest BCUT2D eigenvalue weighted by molar-refractivity contribution is -0.147. The number of amides is 3. The number of sulfonamides is 1. The van der Waals surface area contributed by atoms with Gasteiger partial charge in [0.15, 0.2) is 0 Å². The first-order chi connectivity index (χ1) is 19.7. The zero-order chi connectivity index (χ0) is 29.5. The largest absolute Gasteiger partial charge is 0.445 e. The Labute approximate surface area is 238 Å². The maximum atomic E-state index is 12.2. The highest BCUT2D eigenvalue weighted by Crippen LogP contribution is 2.15. The van der Waals surface area contributed by atoms with E-state index < -0.39 is 21.9 Å². The van der Waals surface area contributed by atoms with Gasteiger partial charge in [-0.25, -0.2) is 13.2 Å². The van der Waals surface area contributed by atoms with E-state index in [0.717, 1.165) is 5.56 Å². The second-order valence-corrected chi connectivity index (χ2v) is 10.8. The Morgan fingerprint density at radius 3 is 2.12 bits per heavy atom. The standard InChI is InChI=1S/C27H34N4O9S/c32-24(28-16-12-26(34)40-30-41(36,37)23-9-5-2-6-10-23)11-15-29-25(33)20-38-22-13-17-31(18-14-22)27(35)39-19-21-7-3-1-4-8-21/h1-10,22,30H,11-20H2,(H,28,32)(H,29,33). The molecule has 3 rings (SSSR count). The lowest BCUT2D eigenvalue weighted by Crippen LogP contribution is -2.42. The molecule has 3 amide bonds. The average Bonchev–Trinajstić information content (AvgIpc) is 2.99. The molecule has 0 spiro atoms. The smallest absolute Gasteiger partial charge is 0.410 e. The predicted octanol–water partition coefficient (Wildman–Crippen LogP) is 1.25. The molecule has 0 saturated carbocycles. The number of nitrogens with zero attached hydrogens (tertiary/aromatic N) is 1. The van der Waals surface area contributed by atoms with Crippen molar-refractivity contribution in [2.75, 3.05) is 32.8 Å². The van der Waals surface area contributed by atoms with Crippen molar-refractivity contribution >= 4 is 33.9 Å². The number of likely N-dealkylation sites (tertiary alicyclic amines) is 1. The normalized spacial score (nSPS) is 13.7. The fourth-order valence-electron chi connectivity index (χ4n) is 3.77. The van der Waals surface area contributed by atoms with Gasteiger partial charge >= 0.3 is 12.1 Å². The minimum atomic E-state index is -4.00. The summed E-state index contributed by atoms with van der Waals surface area (Å²) in [4.78, 5) is 55.8. The van der Waals surface area contributed by atoms with Crippen LogP contribution in [0.3, 0.4) is 0 Å². The topological polar surface area (TPSA) is 169 Å². The maximum Gasteiger partial charge on any atom is 0.410 e. The van der Waals surface area contributed by atoms with Gasteiger partial charge in [-0.15, -0.1) is 0 Å². The maximum absolute atomic E-state index is 12.2. The molecule has 1 aliphatic rings. The third-order valence-electron chi connectivity index (χ3n) is 6.00. The van der Waals surface area contributed by atoms with E-state index >= 15 is 0 Å². The van der Waals surface area contributed by atoms with Crippen molar-refractivity contribution < 1.29 is 41.9 Å². The van der Waals surface area contributed by atoms with Crippen LogP contribution in [0.5, 0.6) is 0 Å². The first kappa shape index (κ1) is 31.5. The minimum absolute atomic E-state index is 0.0229. The van der Waals surface area contributed by atoms with Gasteiger partial charge in [-0.05, 0) is 35.4 Å². The molecule has 0 bridgehead atoms. The molecular weight excluding hydrogens is 556 g/mol. The number of hydrogen-bond donors (Lipinski definition) is 3. The van der Waals surface area contributed by atoms with Crippen molar-refractivity contribution in [3.8, 4) is 0 Å². The molecule has 0 aliphatic carbocycles. The molecule has 13 nitrogen and oxygen atoms in total. The van der Waals surface area contributed by atoms with Crippen LogP contribution < -0.4 is 15.5 Å². The molecule has 2 aromatic carbocycles. The van der Waals surface area contributed by atoms with E-state index in [1.54, 1.807) is 15.9 Å². The molecule has 222 valence electrons. The van der Waals surface area contributed by atoms with Crippen LogP contribution in [0.4, 0.5) is 4.79 Å². The number of rotatable bonds is 14. The molecular formula is C27H34N4O9S. The molecule has 0 radical (unpaired) electrons. The first-order valence-corrected chi connectivity index (χ1v) is 14.6. The Balaban J connectivity index is 1.19. The van der Waals surface area contributed by atoms with Gasteiger partial charge in [-0.3, -0.25) is 14.4 Å². The number of nitrogens with one attached hydrogen (secondary N) is 3. The Morgan fingerprint density at radius 1 is 0.829 bits per heavy atom. The first-order valence-electron chi connectivity index (χ1n) is 13.1. The second kappa shape index (κ2) is 16.3. The van der Waals surface area contributed by atoms with Gasteiger partial charge < -0.3 is 29.8 Å². The van der Waals surface area contributed by atoms with Gasteiger partial charge in [0.05, 0.1) is 17.4 Å². The minimum Gasteiger partial charge on any atom is -0.445 e. The Bertz CT molecular complexity index is 1250. The van der Waals surface area contributed by atoms with Crippen LogP contribution in [0.1, 0.15) is 31.2 Å². The fourth-order valence-corrected chi connectivity index (χ4v) is 4.58. The fraction of sp³-hybridized carbons (Fsp3) is 0.407. The van der Waals surface area contributed by atoms with Crippen molar-refractivity contribution in [3.05, 3.63) is 66.2 Å². The third-order valence-corrected chi connectivity index (χ3v) is 7.20. The summed E-state index contributed by atoms with van der Waals surface area (Å²) in [6, 6.07) is 16.8. The summed E-state index contributed by atoms with van der Waals surface area (Å²) in [6.45, 7) is 0.968. The highest BCUT2D eigenvalue weighted by atomic mass is 32.2. The summed E-state index contributed by atoms with van der Waals surface area (Å²) >= 11 is 0. The summed E-state index contributed by atoms with van der Waals surface area (Å²) in [5.41, 5.74) is 0.912. The van der Waals surface area contributed by atoms with E-state index in [0.29, 0.717) is 25.9 Å². The molecule has 2 aromatic rings. The van der Waals surface area contributed by atoms with Gasteiger partial charge in [-0.1, -0.05) is 48.5 Å². The predicted molar refractivity (Wildman–Crippen MR) is 145 cm³/mol. The Morgan fingerprint density at radius 2 is 1.44 bits per heavy atom. The molecule has 0 aromatic heterocycles. The number of carbonyl (C=O) groups is 4. The molecule has 1 saturated heterocycles. The van der Waals surface area contributed by atoms with Crippen LogP contribution in [0.25, 0.3) is 0 Å². The highest BCUT2D eigenvalue weighted by molar-refractivity contribution is 7.89. The average molecular weight is 591 g/mol. The van der Waals surface area contributed by atoms with E-state index in [4.69, 9.17) is 9.47 Å². The van der Waals surface area contributed by atoms with E-state index in [-0.39, 0.29) is 62.1 Å².